The molecule has 6 nitrogen and oxygen atoms in total. The number of ether oxygens (including phenoxy) is 3. The van der Waals surface area contributed by atoms with Crippen molar-refractivity contribution in [3.63, 3.8) is 0 Å². The highest BCUT2D eigenvalue weighted by Gasteiger charge is 2.72. The van der Waals surface area contributed by atoms with E-state index in [0.29, 0.717) is 29.4 Å². The molecule has 1 aromatic carbocycles. The van der Waals surface area contributed by atoms with Crippen LogP contribution in [0.2, 0.25) is 0 Å². The van der Waals surface area contributed by atoms with Gasteiger partial charge in [-0.05, 0) is 67.6 Å². The van der Waals surface area contributed by atoms with Crippen LogP contribution >= 0.6 is 0 Å². The highest BCUT2D eigenvalue weighted by molar-refractivity contribution is 6.03. The predicted octanol–water partition coefficient (Wildman–Crippen LogP) is 4.91. The number of allylic oxidation sites excluding steroid dienone is 1. The fraction of sp³-hybridized carbons (Fsp3) is 0.621. The Hall–Kier alpha value is -2.47. The third-order valence-electron chi connectivity index (χ3n) is 9.19. The van der Waals surface area contributed by atoms with E-state index < -0.39 is 35.2 Å². The van der Waals surface area contributed by atoms with Crippen LogP contribution in [-0.4, -0.2) is 41.1 Å². The van der Waals surface area contributed by atoms with Gasteiger partial charge in [0.25, 0.3) is 0 Å². The number of benzene rings is 1. The molecule has 3 fully saturated rings. The molecular formula is C29H36O6. The summed E-state index contributed by atoms with van der Waals surface area (Å²) in [4.78, 5) is 39.7. The molecule has 6 heteroatoms. The van der Waals surface area contributed by atoms with E-state index in [1.165, 1.54) is 6.92 Å². The lowest BCUT2D eigenvalue weighted by molar-refractivity contribution is -0.171. The zero-order valence-corrected chi connectivity index (χ0v) is 21.5. The Morgan fingerprint density at radius 2 is 1.80 bits per heavy atom. The molecule has 5 rings (SSSR count). The summed E-state index contributed by atoms with van der Waals surface area (Å²) in [6.45, 7) is 11.7. The zero-order valence-electron chi connectivity index (χ0n) is 21.5. The van der Waals surface area contributed by atoms with Gasteiger partial charge in [-0.15, -0.1) is 0 Å². The Kier molecular flexibility index (Phi) is 5.55. The van der Waals surface area contributed by atoms with E-state index in [1.807, 2.05) is 19.9 Å². The van der Waals surface area contributed by atoms with Crippen LogP contribution in [0.1, 0.15) is 71.2 Å². The lowest BCUT2D eigenvalue weighted by atomic mass is 9.77. The van der Waals surface area contributed by atoms with Crippen LogP contribution in [0.4, 0.5) is 0 Å². The Morgan fingerprint density at radius 1 is 1.11 bits per heavy atom. The molecule has 0 bridgehead atoms. The summed E-state index contributed by atoms with van der Waals surface area (Å²) >= 11 is 0. The first-order chi connectivity index (χ1) is 16.4. The van der Waals surface area contributed by atoms with Gasteiger partial charge in [0, 0.05) is 13.3 Å². The molecule has 0 N–H and O–H groups in total. The molecule has 1 saturated heterocycles. The standard InChI is InChI=1S/C29H36O6/c1-16-14-21-20(27(21,4)5)12-13-28(6)25(35-28)22-23(33-26(32)19-10-8-7-9-11-19)17(2)15-29(22,24(16)31)34-18(3)30/h7-11,14,17,20-23,25H,12-13,15H2,1-6H3. The Morgan fingerprint density at radius 3 is 2.46 bits per heavy atom. The molecule has 35 heavy (non-hydrogen) atoms. The first-order valence-electron chi connectivity index (χ1n) is 12.8. The van der Waals surface area contributed by atoms with Gasteiger partial charge < -0.3 is 14.2 Å². The average molecular weight is 481 g/mol. The highest BCUT2D eigenvalue weighted by atomic mass is 16.6. The number of ketones is 1. The molecule has 4 aliphatic rings. The lowest BCUT2D eigenvalue weighted by Crippen LogP contribution is -2.52. The van der Waals surface area contributed by atoms with Gasteiger partial charge in [0.15, 0.2) is 5.60 Å². The molecule has 0 aromatic heterocycles. The van der Waals surface area contributed by atoms with Crippen LogP contribution in [0.3, 0.4) is 0 Å². The maximum Gasteiger partial charge on any atom is 0.338 e. The first-order valence-corrected chi connectivity index (χ1v) is 12.8. The van der Waals surface area contributed by atoms with Gasteiger partial charge in [-0.2, -0.15) is 0 Å². The summed E-state index contributed by atoms with van der Waals surface area (Å²) in [6.07, 6.45) is 3.28. The fourth-order valence-electron chi connectivity index (χ4n) is 7.08. The number of hydrogen-bond donors (Lipinski definition) is 0. The van der Waals surface area contributed by atoms with Crippen LogP contribution in [-0.2, 0) is 23.8 Å². The topological polar surface area (TPSA) is 82.2 Å². The molecule has 8 atom stereocenters. The molecular weight excluding hydrogens is 444 g/mol. The van der Waals surface area contributed by atoms with Gasteiger partial charge in [-0.1, -0.05) is 45.0 Å². The Balaban J connectivity index is 1.57. The van der Waals surface area contributed by atoms with Crippen LogP contribution in [0.25, 0.3) is 0 Å². The van der Waals surface area contributed by atoms with Crippen molar-refractivity contribution < 1.29 is 28.6 Å². The average Bonchev–Trinajstić information content (AvgIpc) is 3.56. The minimum atomic E-state index is -1.42. The van der Waals surface area contributed by atoms with E-state index in [1.54, 1.807) is 24.3 Å². The minimum absolute atomic E-state index is 0.131. The zero-order chi connectivity index (χ0) is 25.3. The molecule has 1 aromatic rings. The summed E-state index contributed by atoms with van der Waals surface area (Å²) < 4.78 is 18.4. The van der Waals surface area contributed by atoms with E-state index >= 15 is 0 Å². The van der Waals surface area contributed by atoms with E-state index in [0.717, 1.165) is 12.8 Å². The number of esters is 2. The van der Waals surface area contributed by atoms with Gasteiger partial charge in [0.05, 0.1) is 23.2 Å². The first kappa shape index (κ1) is 24.2. The van der Waals surface area contributed by atoms with Crippen molar-refractivity contribution in [2.45, 2.75) is 84.2 Å². The van der Waals surface area contributed by atoms with Crippen LogP contribution in [0, 0.1) is 29.1 Å². The van der Waals surface area contributed by atoms with Crippen molar-refractivity contribution in [3.05, 3.63) is 47.5 Å². The third kappa shape index (κ3) is 3.85. The molecule has 0 amide bonds. The Labute approximate surface area is 207 Å². The molecule has 8 unspecified atom stereocenters. The smallest absolute Gasteiger partial charge is 0.338 e. The summed E-state index contributed by atoms with van der Waals surface area (Å²) in [5.74, 6) is -1.11. The van der Waals surface area contributed by atoms with E-state index in [4.69, 9.17) is 14.2 Å². The van der Waals surface area contributed by atoms with E-state index in [-0.39, 0.29) is 23.2 Å². The van der Waals surface area contributed by atoms with Crippen molar-refractivity contribution >= 4 is 17.7 Å². The Bertz CT molecular complexity index is 1090. The molecule has 0 spiro atoms. The quantitative estimate of drug-likeness (QED) is 0.452. The second-order valence-electron chi connectivity index (χ2n) is 11.9. The summed E-state index contributed by atoms with van der Waals surface area (Å²) in [5, 5.41) is 0. The second kappa shape index (κ2) is 8.02. The van der Waals surface area contributed by atoms with Gasteiger partial charge in [-0.25, -0.2) is 4.79 Å². The number of epoxide rings is 1. The largest absolute Gasteiger partial charge is 0.458 e. The van der Waals surface area contributed by atoms with Crippen LogP contribution in [0.15, 0.2) is 42.0 Å². The minimum Gasteiger partial charge on any atom is -0.458 e. The van der Waals surface area contributed by atoms with Crippen molar-refractivity contribution in [2.24, 2.45) is 29.1 Å². The van der Waals surface area contributed by atoms with E-state index in [9.17, 15) is 14.4 Å². The molecule has 2 saturated carbocycles. The van der Waals surface area contributed by atoms with Crippen LogP contribution < -0.4 is 0 Å². The van der Waals surface area contributed by atoms with Crippen molar-refractivity contribution in [1.82, 2.24) is 0 Å². The number of carbonyl (C=O) groups is 3. The van der Waals surface area contributed by atoms with Gasteiger partial charge >= 0.3 is 11.9 Å². The predicted molar refractivity (Wildman–Crippen MR) is 129 cm³/mol. The van der Waals surface area contributed by atoms with Gasteiger partial charge in [-0.3, -0.25) is 9.59 Å². The van der Waals surface area contributed by atoms with E-state index in [2.05, 4.69) is 26.8 Å². The lowest BCUT2D eigenvalue weighted by Gasteiger charge is -2.35. The second-order valence-corrected chi connectivity index (χ2v) is 11.9. The van der Waals surface area contributed by atoms with Crippen molar-refractivity contribution in [3.8, 4) is 0 Å². The number of carbonyl (C=O) groups excluding carboxylic acids is 3. The number of fused-ring (bicyclic) bond motifs is 4. The molecule has 1 heterocycles. The molecule has 3 aliphatic carbocycles. The van der Waals surface area contributed by atoms with Crippen molar-refractivity contribution in [1.29, 1.82) is 0 Å². The van der Waals surface area contributed by atoms with Crippen LogP contribution in [0.5, 0.6) is 0 Å². The monoisotopic (exact) mass is 480 g/mol. The third-order valence-corrected chi connectivity index (χ3v) is 9.19. The maximum absolute atomic E-state index is 14.2. The normalized spacial score (nSPS) is 41.3. The summed E-state index contributed by atoms with van der Waals surface area (Å²) in [6, 6.07) is 8.84. The highest BCUT2D eigenvalue weighted by Crippen LogP contribution is 2.64. The SMILES string of the molecule is CC(=O)OC12CC(C)C(OC(=O)c3ccccc3)C1C1OC1(C)CCC1C(C=C(C)C2=O)C1(C)C. The van der Waals surface area contributed by atoms with Gasteiger partial charge in [0.1, 0.15) is 6.10 Å². The maximum atomic E-state index is 14.2. The number of hydrogen-bond acceptors (Lipinski definition) is 6. The molecule has 188 valence electrons. The number of Topliss-reactive ketones (excluding diaryl/α,β-unsaturated/α-hetero) is 1. The summed E-state index contributed by atoms with van der Waals surface area (Å²) in [7, 11) is 0. The molecule has 1 aliphatic heterocycles. The molecule has 0 radical (unpaired) electrons. The number of rotatable bonds is 3. The fourth-order valence-corrected chi connectivity index (χ4v) is 7.08. The summed E-state index contributed by atoms with van der Waals surface area (Å²) in [5.41, 5.74) is -0.672. The van der Waals surface area contributed by atoms with Crippen molar-refractivity contribution in [2.75, 3.05) is 0 Å². The van der Waals surface area contributed by atoms with Gasteiger partial charge in [0.2, 0.25) is 5.78 Å².